The molecule has 0 radical (unpaired) electrons. The molecule has 1 amide bonds. The highest BCUT2D eigenvalue weighted by molar-refractivity contribution is 8.00. The summed E-state index contributed by atoms with van der Waals surface area (Å²) in [7, 11) is 0. The molecule has 0 spiro atoms. The number of carbonyl (C=O) groups excluding carboxylic acids is 1. The van der Waals surface area contributed by atoms with Gasteiger partial charge in [-0.05, 0) is 19.1 Å². The minimum Gasteiger partial charge on any atom is -0.369 e. The number of aromatic nitrogens is 4. The standard InChI is InChI=1S/C14H13N5OS/c1-9(12(15)20)21-14-11-7-18-19(13(11)16-8-17-14)10-5-3-2-4-6-10/h2-9H,1H3,(H2,15,20). The average molecular weight is 299 g/mol. The Balaban J connectivity index is 2.06. The Bertz CT molecular complexity index is 786. The first-order valence-corrected chi connectivity index (χ1v) is 7.25. The second-order valence-electron chi connectivity index (χ2n) is 4.47. The molecule has 7 heteroatoms. The molecule has 1 aromatic carbocycles. The van der Waals surface area contributed by atoms with E-state index in [1.165, 1.54) is 18.1 Å². The van der Waals surface area contributed by atoms with Crippen LogP contribution in [0.1, 0.15) is 6.92 Å². The molecular weight excluding hydrogens is 286 g/mol. The van der Waals surface area contributed by atoms with Crippen LogP contribution in [0, 0.1) is 0 Å². The number of nitrogens with two attached hydrogens (primary N) is 1. The summed E-state index contributed by atoms with van der Waals surface area (Å²) in [5.74, 6) is -0.373. The monoisotopic (exact) mass is 299 g/mol. The van der Waals surface area contributed by atoms with E-state index in [1.807, 2.05) is 30.3 Å². The van der Waals surface area contributed by atoms with Crippen LogP contribution in [0.4, 0.5) is 0 Å². The van der Waals surface area contributed by atoms with Crippen molar-refractivity contribution in [1.29, 1.82) is 0 Å². The van der Waals surface area contributed by atoms with E-state index in [4.69, 9.17) is 5.73 Å². The van der Waals surface area contributed by atoms with Crippen LogP contribution in [-0.4, -0.2) is 30.9 Å². The number of nitrogens with zero attached hydrogens (tertiary/aromatic N) is 4. The fourth-order valence-corrected chi connectivity index (χ4v) is 2.73. The number of thioether (sulfide) groups is 1. The van der Waals surface area contributed by atoms with Crippen LogP contribution in [0.15, 0.2) is 47.9 Å². The lowest BCUT2D eigenvalue weighted by Gasteiger charge is -2.07. The van der Waals surface area contributed by atoms with E-state index in [-0.39, 0.29) is 11.2 Å². The third-order valence-corrected chi connectivity index (χ3v) is 4.15. The molecule has 2 heterocycles. The minimum absolute atomic E-state index is 0.358. The summed E-state index contributed by atoms with van der Waals surface area (Å²) >= 11 is 1.31. The number of rotatable bonds is 4. The molecule has 2 N–H and O–H groups in total. The van der Waals surface area contributed by atoms with Gasteiger partial charge in [0.05, 0.1) is 22.5 Å². The Hall–Kier alpha value is -2.41. The second kappa shape index (κ2) is 5.53. The van der Waals surface area contributed by atoms with Crippen LogP contribution in [0.3, 0.4) is 0 Å². The summed E-state index contributed by atoms with van der Waals surface area (Å²) in [5.41, 5.74) is 6.93. The van der Waals surface area contributed by atoms with E-state index >= 15 is 0 Å². The fourth-order valence-electron chi connectivity index (χ4n) is 1.90. The maximum Gasteiger partial charge on any atom is 0.230 e. The number of benzene rings is 1. The topological polar surface area (TPSA) is 86.7 Å². The number of amides is 1. The molecule has 0 aliphatic heterocycles. The third kappa shape index (κ3) is 2.59. The van der Waals surface area contributed by atoms with Gasteiger partial charge in [0.2, 0.25) is 5.91 Å². The molecule has 0 aliphatic carbocycles. The van der Waals surface area contributed by atoms with E-state index in [1.54, 1.807) is 17.8 Å². The Morgan fingerprint density at radius 3 is 2.76 bits per heavy atom. The number of hydrogen-bond donors (Lipinski definition) is 1. The molecule has 0 saturated heterocycles. The first-order valence-electron chi connectivity index (χ1n) is 6.37. The molecule has 0 aliphatic rings. The Labute approximate surface area is 125 Å². The maximum atomic E-state index is 11.2. The number of fused-ring (bicyclic) bond motifs is 1. The molecule has 0 fully saturated rings. The van der Waals surface area contributed by atoms with Crippen LogP contribution in [0.2, 0.25) is 0 Å². The van der Waals surface area contributed by atoms with Crippen molar-refractivity contribution >= 4 is 28.7 Å². The normalized spacial score (nSPS) is 12.4. The molecule has 106 valence electrons. The van der Waals surface area contributed by atoms with Crippen molar-refractivity contribution in [2.45, 2.75) is 17.2 Å². The Morgan fingerprint density at radius 1 is 1.29 bits per heavy atom. The second-order valence-corrected chi connectivity index (χ2v) is 5.80. The van der Waals surface area contributed by atoms with Gasteiger partial charge in [0.25, 0.3) is 0 Å². The van der Waals surface area contributed by atoms with Gasteiger partial charge in [-0.25, -0.2) is 14.6 Å². The van der Waals surface area contributed by atoms with Crippen molar-refractivity contribution in [3.63, 3.8) is 0 Å². The minimum atomic E-state index is -0.373. The molecule has 1 atom stereocenters. The van der Waals surface area contributed by atoms with E-state index < -0.39 is 0 Å². The summed E-state index contributed by atoms with van der Waals surface area (Å²) < 4.78 is 1.75. The zero-order valence-electron chi connectivity index (χ0n) is 11.3. The first kappa shape index (κ1) is 13.6. The van der Waals surface area contributed by atoms with Crippen LogP contribution in [0.25, 0.3) is 16.7 Å². The van der Waals surface area contributed by atoms with E-state index in [0.717, 1.165) is 11.1 Å². The zero-order chi connectivity index (χ0) is 14.8. The molecule has 6 nitrogen and oxygen atoms in total. The Kier molecular flexibility index (Phi) is 3.57. The first-order chi connectivity index (χ1) is 10.2. The molecule has 1 unspecified atom stereocenters. The smallest absolute Gasteiger partial charge is 0.230 e. The van der Waals surface area contributed by atoms with Gasteiger partial charge in [0.15, 0.2) is 5.65 Å². The molecule has 2 aromatic heterocycles. The number of primary amides is 1. The van der Waals surface area contributed by atoms with Gasteiger partial charge >= 0.3 is 0 Å². The molecule has 0 saturated carbocycles. The molecule has 3 aromatic rings. The van der Waals surface area contributed by atoms with Gasteiger partial charge in [-0.1, -0.05) is 30.0 Å². The zero-order valence-corrected chi connectivity index (χ0v) is 12.1. The summed E-state index contributed by atoms with van der Waals surface area (Å²) in [6.45, 7) is 1.75. The summed E-state index contributed by atoms with van der Waals surface area (Å²) in [6.07, 6.45) is 3.18. The van der Waals surface area contributed by atoms with Gasteiger partial charge < -0.3 is 5.73 Å². The molecular formula is C14H13N5OS. The van der Waals surface area contributed by atoms with Crippen LogP contribution < -0.4 is 5.73 Å². The summed E-state index contributed by atoms with van der Waals surface area (Å²) in [6, 6.07) is 9.73. The van der Waals surface area contributed by atoms with Crippen LogP contribution in [-0.2, 0) is 4.79 Å². The van der Waals surface area contributed by atoms with Gasteiger partial charge in [-0.2, -0.15) is 5.10 Å². The van der Waals surface area contributed by atoms with Crippen LogP contribution in [0.5, 0.6) is 0 Å². The highest BCUT2D eigenvalue weighted by Crippen LogP contribution is 2.28. The fraction of sp³-hybridized carbons (Fsp3) is 0.143. The molecule has 0 bridgehead atoms. The summed E-state index contributed by atoms with van der Waals surface area (Å²) in [5, 5.41) is 5.51. The van der Waals surface area contributed by atoms with Crippen molar-refractivity contribution in [1.82, 2.24) is 19.7 Å². The van der Waals surface area contributed by atoms with Gasteiger partial charge in [-0.3, -0.25) is 4.79 Å². The number of hydrogen-bond acceptors (Lipinski definition) is 5. The highest BCUT2D eigenvalue weighted by atomic mass is 32.2. The van der Waals surface area contributed by atoms with Gasteiger partial charge in [-0.15, -0.1) is 0 Å². The third-order valence-electron chi connectivity index (χ3n) is 3.02. The van der Waals surface area contributed by atoms with Crippen molar-refractivity contribution in [3.8, 4) is 5.69 Å². The lowest BCUT2D eigenvalue weighted by atomic mass is 10.3. The average Bonchev–Trinajstić information content (AvgIpc) is 2.93. The molecule has 3 rings (SSSR count). The van der Waals surface area contributed by atoms with E-state index in [9.17, 15) is 4.79 Å². The maximum absolute atomic E-state index is 11.2. The predicted octanol–water partition coefficient (Wildman–Crippen LogP) is 1.78. The predicted molar refractivity (Wildman–Crippen MR) is 81.2 cm³/mol. The van der Waals surface area contributed by atoms with Crippen molar-refractivity contribution < 1.29 is 4.79 Å². The quantitative estimate of drug-likeness (QED) is 0.586. The van der Waals surface area contributed by atoms with Crippen molar-refractivity contribution in [2.24, 2.45) is 5.73 Å². The van der Waals surface area contributed by atoms with Crippen molar-refractivity contribution in [2.75, 3.05) is 0 Å². The molecule has 21 heavy (non-hydrogen) atoms. The van der Waals surface area contributed by atoms with Crippen LogP contribution >= 0.6 is 11.8 Å². The van der Waals surface area contributed by atoms with E-state index in [0.29, 0.717) is 10.7 Å². The van der Waals surface area contributed by atoms with E-state index in [2.05, 4.69) is 15.1 Å². The largest absolute Gasteiger partial charge is 0.369 e. The van der Waals surface area contributed by atoms with Gasteiger partial charge in [0.1, 0.15) is 11.4 Å². The SMILES string of the molecule is CC(Sc1ncnc2c1cnn2-c1ccccc1)C(N)=O. The lowest BCUT2D eigenvalue weighted by molar-refractivity contribution is -0.117. The number of para-hydroxylation sites is 1. The Morgan fingerprint density at radius 2 is 2.05 bits per heavy atom. The van der Waals surface area contributed by atoms with Gasteiger partial charge in [0, 0.05) is 0 Å². The lowest BCUT2D eigenvalue weighted by Crippen LogP contribution is -2.22. The number of carbonyl (C=O) groups is 1. The van der Waals surface area contributed by atoms with Crippen molar-refractivity contribution in [3.05, 3.63) is 42.9 Å². The summed E-state index contributed by atoms with van der Waals surface area (Å²) in [4.78, 5) is 19.7. The highest BCUT2D eigenvalue weighted by Gasteiger charge is 2.16.